The number of hydrogen-bond acceptors (Lipinski definition) is 1. The first-order chi connectivity index (χ1) is 10.0. The van der Waals surface area contributed by atoms with Crippen LogP contribution in [0.5, 0.6) is 0 Å². The summed E-state index contributed by atoms with van der Waals surface area (Å²) in [5, 5.41) is 3.71. The molecule has 0 saturated heterocycles. The van der Waals surface area contributed by atoms with Gasteiger partial charge < -0.3 is 5.32 Å². The summed E-state index contributed by atoms with van der Waals surface area (Å²) in [4.78, 5) is 0. The second-order valence-corrected chi connectivity index (χ2v) is 6.85. The lowest BCUT2D eigenvalue weighted by atomic mass is 10.0. The maximum absolute atomic E-state index is 3.71. The zero-order valence-electron chi connectivity index (χ0n) is 13.1. The van der Waals surface area contributed by atoms with Gasteiger partial charge >= 0.3 is 0 Å². The third-order valence-corrected chi connectivity index (χ3v) is 4.34. The average molecular weight is 346 g/mol. The van der Waals surface area contributed by atoms with E-state index in [2.05, 4.69) is 90.5 Å². The standard InChI is InChI=1S/C19H24BrN/c1-14-6-4-5-7-18(14)13-16(3)21-15(2)12-17-8-10-19(20)11-9-17/h4-11,15-16,21H,12-13H2,1-3H3. The Balaban J connectivity index is 1.86. The van der Waals surface area contributed by atoms with Crippen molar-refractivity contribution in [2.45, 2.75) is 45.7 Å². The van der Waals surface area contributed by atoms with Crippen LogP contribution >= 0.6 is 15.9 Å². The first kappa shape index (κ1) is 16.3. The van der Waals surface area contributed by atoms with Crippen LogP contribution in [0.3, 0.4) is 0 Å². The normalized spacial score (nSPS) is 13.9. The Bertz CT molecular complexity index is 562. The first-order valence-electron chi connectivity index (χ1n) is 7.59. The van der Waals surface area contributed by atoms with E-state index in [4.69, 9.17) is 0 Å². The molecule has 0 spiro atoms. The second kappa shape index (κ2) is 7.77. The van der Waals surface area contributed by atoms with Crippen LogP contribution in [0.1, 0.15) is 30.5 Å². The highest BCUT2D eigenvalue weighted by Crippen LogP contribution is 2.13. The lowest BCUT2D eigenvalue weighted by molar-refractivity contribution is 0.462. The molecule has 0 heterocycles. The molecule has 0 aliphatic heterocycles. The van der Waals surface area contributed by atoms with Crippen LogP contribution in [-0.4, -0.2) is 12.1 Å². The monoisotopic (exact) mass is 345 g/mol. The molecule has 21 heavy (non-hydrogen) atoms. The van der Waals surface area contributed by atoms with Crippen molar-refractivity contribution in [1.82, 2.24) is 5.32 Å². The van der Waals surface area contributed by atoms with E-state index in [-0.39, 0.29) is 0 Å². The lowest BCUT2D eigenvalue weighted by Gasteiger charge is -2.21. The van der Waals surface area contributed by atoms with Gasteiger partial charge in [0.05, 0.1) is 0 Å². The molecule has 1 nitrogen and oxygen atoms in total. The van der Waals surface area contributed by atoms with Crippen molar-refractivity contribution in [2.24, 2.45) is 0 Å². The van der Waals surface area contributed by atoms with Gasteiger partial charge in [-0.25, -0.2) is 0 Å². The molecule has 1 N–H and O–H groups in total. The predicted molar refractivity (Wildman–Crippen MR) is 94.8 cm³/mol. The molecule has 2 aromatic rings. The van der Waals surface area contributed by atoms with Gasteiger partial charge in [0.1, 0.15) is 0 Å². The van der Waals surface area contributed by atoms with Gasteiger partial charge in [0, 0.05) is 16.6 Å². The van der Waals surface area contributed by atoms with Crippen LogP contribution < -0.4 is 5.32 Å². The predicted octanol–water partition coefficient (Wildman–Crippen LogP) is 4.91. The number of nitrogens with one attached hydrogen (secondary N) is 1. The molecule has 2 unspecified atom stereocenters. The Morgan fingerprint density at radius 2 is 1.52 bits per heavy atom. The molecular weight excluding hydrogens is 322 g/mol. The van der Waals surface area contributed by atoms with Crippen LogP contribution in [0.4, 0.5) is 0 Å². The highest BCUT2D eigenvalue weighted by molar-refractivity contribution is 9.10. The molecule has 0 amide bonds. The number of rotatable bonds is 6. The summed E-state index contributed by atoms with van der Waals surface area (Å²) in [6.45, 7) is 6.72. The van der Waals surface area contributed by atoms with E-state index in [1.807, 2.05) is 0 Å². The van der Waals surface area contributed by atoms with Gasteiger partial charge in [-0.05, 0) is 62.4 Å². The average Bonchev–Trinajstić information content (AvgIpc) is 2.44. The van der Waals surface area contributed by atoms with E-state index in [1.165, 1.54) is 16.7 Å². The molecule has 2 aromatic carbocycles. The van der Waals surface area contributed by atoms with Gasteiger partial charge in [-0.3, -0.25) is 0 Å². The van der Waals surface area contributed by atoms with E-state index in [0.717, 1.165) is 17.3 Å². The summed E-state index contributed by atoms with van der Waals surface area (Å²) in [6.07, 6.45) is 2.14. The SMILES string of the molecule is Cc1ccccc1CC(C)NC(C)Cc1ccc(Br)cc1. The zero-order valence-corrected chi connectivity index (χ0v) is 14.7. The minimum Gasteiger partial charge on any atom is -0.311 e. The summed E-state index contributed by atoms with van der Waals surface area (Å²) >= 11 is 3.48. The van der Waals surface area contributed by atoms with Gasteiger partial charge in [-0.2, -0.15) is 0 Å². The van der Waals surface area contributed by atoms with Crippen LogP contribution in [-0.2, 0) is 12.8 Å². The third-order valence-electron chi connectivity index (χ3n) is 3.81. The van der Waals surface area contributed by atoms with Crippen LogP contribution in [0.15, 0.2) is 53.0 Å². The second-order valence-electron chi connectivity index (χ2n) is 5.93. The van der Waals surface area contributed by atoms with E-state index in [0.29, 0.717) is 12.1 Å². The van der Waals surface area contributed by atoms with E-state index >= 15 is 0 Å². The Labute approximate surface area is 136 Å². The number of benzene rings is 2. The van der Waals surface area contributed by atoms with Gasteiger partial charge in [-0.15, -0.1) is 0 Å². The van der Waals surface area contributed by atoms with Crippen molar-refractivity contribution >= 4 is 15.9 Å². The van der Waals surface area contributed by atoms with E-state index < -0.39 is 0 Å². The fourth-order valence-electron chi connectivity index (χ4n) is 2.75. The van der Waals surface area contributed by atoms with Crippen molar-refractivity contribution in [3.05, 3.63) is 69.7 Å². The summed E-state index contributed by atoms with van der Waals surface area (Å²) in [6, 6.07) is 18.2. The molecule has 0 aromatic heterocycles. The molecule has 0 fully saturated rings. The Morgan fingerprint density at radius 3 is 2.19 bits per heavy atom. The molecule has 2 atom stereocenters. The largest absolute Gasteiger partial charge is 0.311 e. The van der Waals surface area contributed by atoms with Crippen LogP contribution in [0.25, 0.3) is 0 Å². The fraction of sp³-hybridized carbons (Fsp3) is 0.368. The molecule has 0 radical (unpaired) electrons. The minimum atomic E-state index is 0.477. The molecule has 112 valence electrons. The topological polar surface area (TPSA) is 12.0 Å². The molecule has 0 aliphatic carbocycles. The summed E-state index contributed by atoms with van der Waals surface area (Å²) in [7, 11) is 0. The maximum atomic E-state index is 3.71. The zero-order chi connectivity index (χ0) is 15.2. The van der Waals surface area contributed by atoms with Crippen LogP contribution in [0.2, 0.25) is 0 Å². The minimum absolute atomic E-state index is 0.477. The first-order valence-corrected chi connectivity index (χ1v) is 8.39. The Kier molecular flexibility index (Phi) is 6.01. The summed E-state index contributed by atoms with van der Waals surface area (Å²) < 4.78 is 1.14. The fourth-order valence-corrected chi connectivity index (χ4v) is 3.01. The quantitative estimate of drug-likeness (QED) is 0.784. The maximum Gasteiger partial charge on any atom is 0.0175 e. The molecule has 0 saturated carbocycles. The number of hydrogen-bond donors (Lipinski definition) is 1. The number of aryl methyl sites for hydroxylation is 1. The van der Waals surface area contributed by atoms with Crippen molar-refractivity contribution in [1.29, 1.82) is 0 Å². The van der Waals surface area contributed by atoms with Gasteiger partial charge in [-0.1, -0.05) is 52.3 Å². The van der Waals surface area contributed by atoms with Crippen molar-refractivity contribution in [3.63, 3.8) is 0 Å². The summed E-state index contributed by atoms with van der Waals surface area (Å²) in [5.74, 6) is 0. The molecule has 2 rings (SSSR count). The van der Waals surface area contributed by atoms with Gasteiger partial charge in [0.2, 0.25) is 0 Å². The van der Waals surface area contributed by atoms with Crippen LogP contribution in [0, 0.1) is 6.92 Å². The molecule has 0 aliphatic rings. The summed E-state index contributed by atoms with van der Waals surface area (Å²) in [5.41, 5.74) is 4.20. The van der Waals surface area contributed by atoms with Gasteiger partial charge in [0.15, 0.2) is 0 Å². The van der Waals surface area contributed by atoms with Crippen molar-refractivity contribution < 1.29 is 0 Å². The Morgan fingerprint density at radius 1 is 0.905 bits per heavy atom. The third kappa shape index (κ3) is 5.29. The number of halogens is 1. The van der Waals surface area contributed by atoms with E-state index in [9.17, 15) is 0 Å². The highest BCUT2D eigenvalue weighted by Gasteiger charge is 2.10. The molecular formula is C19H24BrN. The molecule has 0 bridgehead atoms. The van der Waals surface area contributed by atoms with E-state index in [1.54, 1.807) is 0 Å². The highest BCUT2D eigenvalue weighted by atomic mass is 79.9. The Hall–Kier alpha value is -1.12. The van der Waals surface area contributed by atoms with Crippen molar-refractivity contribution in [2.75, 3.05) is 0 Å². The smallest absolute Gasteiger partial charge is 0.0175 e. The molecule has 2 heteroatoms. The van der Waals surface area contributed by atoms with Crippen molar-refractivity contribution in [3.8, 4) is 0 Å². The van der Waals surface area contributed by atoms with Gasteiger partial charge in [0.25, 0.3) is 0 Å². The lowest BCUT2D eigenvalue weighted by Crippen LogP contribution is -2.37.